The van der Waals surface area contributed by atoms with Crippen LogP contribution in [0.25, 0.3) is 0 Å². The minimum Gasteiger partial charge on any atom is -0.484 e. The van der Waals surface area contributed by atoms with Gasteiger partial charge in [0.1, 0.15) is 5.75 Å². The van der Waals surface area contributed by atoms with Crippen molar-refractivity contribution in [1.82, 2.24) is 10.1 Å². The summed E-state index contributed by atoms with van der Waals surface area (Å²) >= 11 is 0. The summed E-state index contributed by atoms with van der Waals surface area (Å²) in [6.07, 6.45) is 0.498. The highest BCUT2D eigenvalue weighted by atomic mass is 16.5. The van der Waals surface area contributed by atoms with E-state index in [2.05, 4.69) is 10.1 Å². The van der Waals surface area contributed by atoms with Crippen LogP contribution in [-0.2, 0) is 12.0 Å². The van der Waals surface area contributed by atoms with Crippen molar-refractivity contribution in [2.45, 2.75) is 46.1 Å². The zero-order chi connectivity index (χ0) is 15.5. The van der Waals surface area contributed by atoms with Crippen molar-refractivity contribution in [2.24, 2.45) is 0 Å². The quantitative estimate of drug-likeness (QED) is 0.787. The summed E-state index contributed by atoms with van der Waals surface area (Å²) in [5, 5.41) is 3.94. The average molecular weight is 288 g/mol. The zero-order valence-corrected chi connectivity index (χ0v) is 12.8. The lowest BCUT2D eigenvalue weighted by molar-refractivity contribution is 0.0988. The van der Waals surface area contributed by atoms with Crippen LogP contribution in [-0.4, -0.2) is 15.9 Å². The van der Waals surface area contributed by atoms with Crippen LogP contribution >= 0.6 is 0 Å². The molecule has 0 aliphatic carbocycles. The Morgan fingerprint density at radius 1 is 1.24 bits per heavy atom. The number of ether oxygens (including phenoxy) is 1. The number of benzene rings is 1. The fraction of sp³-hybridized carbons (Fsp3) is 0.438. The van der Waals surface area contributed by atoms with Gasteiger partial charge in [-0.1, -0.05) is 32.9 Å². The predicted octanol–water partition coefficient (Wildman–Crippen LogP) is 3.54. The molecule has 1 aromatic carbocycles. The van der Waals surface area contributed by atoms with Crippen molar-refractivity contribution in [2.75, 3.05) is 0 Å². The molecule has 0 amide bonds. The van der Waals surface area contributed by atoms with Crippen LogP contribution in [0, 0.1) is 0 Å². The van der Waals surface area contributed by atoms with Gasteiger partial charge in [-0.25, -0.2) is 0 Å². The zero-order valence-electron chi connectivity index (χ0n) is 12.8. The number of hydrogen-bond acceptors (Lipinski definition) is 5. The molecular formula is C16H20N2O3. The molecule has 2 rings (SSSR count). The van der Waals surface area contributed by atoms with Gasteiger partial charge in [-0.15, -0.1) is 0 Å². The maximum absolute atomic E-state index is 11.5. The average Bonchev–Trinajstić information content (AvgIpc) is 2.94. The second kappa shape index (κ2) is 6.08. The van der Waals surface area contributed by atoms with Crippen molar-refractivity contribution >= 4 is 5.78 Å². The highest BCUT2D eigenvalue weighted by Crippen LogP contribution is 2.19. The van der Waals surface area contributed by atoms with Gasteiger partial charge < -0.3 is 9.26 Å². The lowest BCUT2D eigenvalue weighted by atomic mass is 9.96. The van der Waals surface area contributed by atoms with Gasteiger partial charge in [0.15, 0.2) is 18.2 Å². The maximum atomic E-state index is 11.5. The van der Waals surface area contributed by atoms with Crippen LogP contribution in [0.1, 0.15) is 56.2 Å². The molecule has 0 unspecified atom stereocenters. The Morgan fingerprint density at radius 2 is 1.90 bits per heavy atom. The van der Waals surface area contributed by atoms with Gasteiger partial charge in [-0.2, -0.15) is 4.98 Å². The minimum atomic E-state index is -0.149. The molecule has 0 atom stereocenters. The molecule has 5 heteroatoms. The Balaban J connectivity index is 1.97. The van der Waals surface area contributed by atoms with E-state index < -0.39 is 0 Å². The Labute approximate surface area is 124 Å². The smallest absolute Gasteiger partial charge is 0.264 e. The first-order valence-electron chi connectivity index (χ1n) is 6.99. The van der Waals surface area contributed by atoms with E-state index in [-0.39, 0.29) is 17.8 Å². The van der Waals surface area contributed by atoms with E-state index in [0.29, 0.717) is 29.4 Å². The summed E-state index contributed by atoms with van der Waals surface area (Å²) in [5.41, 5.74) is 0.543. The molecule has 0 bridgehead atoms. The molecule has 1 heterocycles. The second-order valence-electron chi connectivity index (χ2n) is 5.85. The Hall–Kier alpha value is -2.17. The summed E-state index contributed by atoms with van der Waals surface area (Å²) < 4.78 is 10.7. The second-order valence-corrected chi connectivity index (χ2v) is 5.85. The van der Waals surface area contributed by atoms with Crippen LogP contribution in [0.2, 0.25) is 0 Å². The van der Waals surface area contributed by atoms with E-state index in [4.69, 9.17) is 9.26 Å². The maximum Gasteiger partial charge on any atom is 0.264 e. The molecule has 0 spiro atoms. The molecule has 112 valence electrons. The van der Waals surface area contributed by atoms with Crippen molar-refractivity contribution < 1.29 is 14.1 Å². The number of ketones is 1. The van der Waals surface area contributed by atoms with E-state index in [1.807, 2.05) is 27.7 Å². The molecule has 0 N–H and O–H groups in total. The predicted molar refractivity (Wildman–Crippen MR) is 78.4 cm³/mol. The van der Waals surface area contributed by atoms with Crippen molar-refractivity contribution in [3.63, 3.8) is 0 Å². The molecule has 0 aliphatic rings. The van der Waals surface area contributed by atoms with E-state index in [1.165, 1.54) is 0 Å². The van der Waals surface area contributed by atoms with Crippen LogP contribution in [0.4, 0.5) is 0 Å². The Morgan fingerprint density at radius 3 is 2.43 bits per heavy atom. The summed E-state index contributed by atoms with van der Waals surface area (Å²) in [6.45, 7) is 8.11. The van der Waals surface area contributed by atoms with Gasteiger partial charge in [0.25, 0.3) is 5.89 Å². The fourth-order valence-corrected chi connectivity index (χ4v) is 1.70. The van der Waals surface area contributed by atoms with Crippen molar-refractivity contribution in [3.05, 3.63) is 41.5 Å². The third kappa shape index (κ3) is 3.90. The highest BCUT2D eigenvalue weighted by molar-refractivity contribution is 5.95. The van der Waals surface area contributed by atoms with Gasteiger partial charge in [0.2, 0.25) is 0 Å². The van der Waals surface area contributed by atoms with Gasteiger partial charge in [-0.3, -0.25) is 4.79 Å². The van der Waals surface area contributed by atoms with Crippen LogP contribution < -0.4 is 4.74 Å². The van der Waals surface area contributed by atoms with E-state index in [0.717, 1.165) is 0 Å². The number of carbonyl (C=O) groups excluding carboxylic acids is 1. The van der Waals surface area contributed by atoms with Crippen molar-refractivity contribution in [1.29, 1.82) is 0 Å². The number of hydrogen-bond donors (Lipinski definition) is 0. The van der Waals surface area contributed by atoms with Crippen molar-refractivity contribution in [3.8, 4) is 5.75 Å². The third-order valence-electron chi connectivity index (χ3n) is 3.00. The fourth-order valence-electron chi connectivity index (χ4n) is 1.70. The lowest BCUT2D eigenvalue weighted by Gasteiger charge is -2.10. The van der Waals surface area contributed by atoms with Gasteiger partial charge in [0.05, 0.1) is 0 Å². The molecule has 0 aliphatic heterocycles. The molecule has 21 heavy (non-hydrogen) atoms. The Kier molecular flexibility index (Phi) is 4.40. The molecule has 0 saturated carbocycles. The molecular weight excluding hydrogens is 268 g/mol. The van der Waals surface area contributed by atoms with Gasteiger partial charge in [-0.05, 0) is 24.3 Å². The normalized spacial score (nSPS) is 11.4. The van der Waals surface area contributed by atoms with Crippen LogP contribution in [0.3, 0.4) is 0 Å². The number of carbonyl (C=O) groups is 1. The highest BCUT2D eigenvalue weighted by Gasteiger charge is 2.21. The topological polar surface area (TPSA) is 65.2 Å². The summed E-state index contributed by atoms with van der Waals surface area (Å²) in [6, 6.07) is 7.05. The summed E-state index contributed by atoms with van der Waals surface area (Å²) in [4.78, 5) is 15.8. The molecule has 1 aromatic heterocycles. The Bertz CT molecular complexity index is 609. The number of nitrogens with zero attached hydrogens (tertiary/aromatic N) is 2. The molecule has 0 fully saturated rings. The molecule has 5 nitrogen and oxygen atoms in total. The monoisotopic (exact) mass is 288 g/mol. The third-order valence-corrected chi connectivity index (χ3v) is 3.00. The minimum absolute atomic E-state index is 0.119. The molecule has 2 aromatic rings. The first kappa shape index (κ1) is 15.2. The van der Waals surface area contributed by atoms with Gasteiger partial charge in [0, 0.05) is 17.4 Å². The standard InChI is InChI=1S/C16H20N2O3/c1-5-13(19)11-6-8-12(9-7-11)20-10-14-17-15(18-21-14)16(2,3)4/h6-9H,5,10H2,1-4H3. The summed E-state index contributed by atoms with van der Waals surface area (Å²) in [5.74, 6) is 1.88. The first-order valence-corrected chi connectivity index (χ1v) is 6.99. The molecule has 0 saturated heterocycles. The lowest BCUT2D eigenvalue weighted by Crippen LogP contribution is -2.13. The van der Waals surface area contributed by atoms with E-state index in [9.17, 15) is 4.79 Å². The van der Waals surface area contributed by atoms with Gasteiger partial charge >= 0.3 is 0 Å². The van der Waals surface area contributed by atoms with E-state index in [1.54, 1.807) is 24.3 Å². The van der Waals surface area contributed by atoms with E-state index >= 15 is 0 Å². The summed E-state index contributed by atoms with van der Waals surface area (Å²) in [7, 11) is 0. The number of Topliss-reactive ketones (excluding diaryl/α,β-unsaturated/α-hetero) is 1. The van der Waals surface area contributed by atoms with Crippen LogP contribution in [0.15, 0.2) is 28.8 Å². The SMILES string of the molecule is CCC(=O)c1ccc(OCc2nc(C(C)(C)C)no2)cc1. The molecule has 0 radical (unpaired) electrons. The first-order chi connectivity index (χ1) is 9.90. The largest absolute Gasteiger partial charge is 0.484 e. The van der Waals surface area contributed by atoms with Crippen LogP contribution in [0.5, 0.6) is 5.75 Å². The number of rotatable bonds is 5. The number of aromatic nitrogens is 2.